The predicted octanol–water partition coefficient (Wildman–Crippen LogP) is 10.3. The van der Waals surface area contributed by atoms with E-state index < -0.39 is 28.6 Å². The zero-order valence-corrected chi connectivity index (χ0v) is 35.9. The highest BCUT2D eigenvalue weighted by Gasteiger charge is 2.43. The van der Waals surface area contributed by atoms with E-state index in [-0.39, 0.29) is 23.1 Å². The van der Waals surface area contributed by atoms with Gasteiger partial charge in [0.15, 0.2) is 17.2 Å². The van der Waals surface area contributed by atoms with Gasteiger partial charge in [-0.1, -0.05) is 90.4 Å². The monoisotopic (exact) mass is 809 g/mol. The quantitative estimate of drug-likeness (QED) is 0.147. The molecule has 2 unspecified atom stereocenters. The van der Waals surface area contributed by atoms with Crippen molar-refractivity contribution in [2.75, 3.05) is 20.5 Å². The molecule has 1 aliphatic heterocycles. The lowest BCUT2D eigenvalue weighted by Crippen LogP contribution is -2.42. The van der Waals surface area contributed by atoms with E-state index in [0.29, 0.717) is 44.8 Å². The Bertz CT molecular complexity index is 2200. The van der Waals surface area contributed by atoms with Crippen LogP contribution in [0.15, 0.2) is 94.9 Å². The third kappa shape index (κ3) is 9.88. The van der Waals surface area contributed by atoms with Crippen molar-refractivity contribution in [1.29, 1.82) is 0 Å². The van der Waals surface area contributed by atoms with Crippen LogP contribution in [0.2, 0.25) is 5.02 Å². The summed E-state index contributed by atoms with van der Waals surface area (Å²) in [6, 6.07) is 25.3. The van der Waals surface area contributed by atoms with Crippen LogP contribution in [0, 0.1) is 19.3 Å². The summed E-state index contributed by atoms with van der Waals surface area (Å²) in [5.74, 6) is -0.528. The minimum atomic E-state index is -1.03. The van der Waals surface area contributed by atoms with Gasteiger partial charge in [-0.2, -0.15) is 5.01 Å². The third-order valence-electron chi connectivity index (χ3n) is 9.97. The molecule has 0 radical (unpaired) electrons. The molecule has 0 saturated heterocycles. The molecule has 2 atom stereocenters. The number of halogens is 1. The van der Waals surface area contributed by atoms with E-state index in [2.05, 4.69) is 43.5 Å². The number of aryl methyl sites for hydroxylation is 2. The van der Waals surface area contributed by atoms with Gasteiger partial charge in [-0.25, -0.2) is 0 Å². The van der Waals surface area contributed by atoms with Crippen LogP contribution in [-0.2, 0) is 24.6 Å². The highest BCUT2D eigenvalue weighted by Crippen LogP contribution is 2.39. The number of nitrogens with one attached hydrogen (secondary N) is 2. The number of thioether (sulfide) groups is 1. The minimum absolute atomic E-state index is 0.0119. The topological polar surface area (TPSA) is 120 Å². The molecular weight excluding hydrogens is 758 g/mol. The first kappa shape index (κ1) is 43.0. The Labute approximate surface area is 345 Å². The van der Waals surface area contributed by atoms with Gasteiger partial charge in [0.25, 0.3) is 11.8 Å². The molecule has 0 fully saturated rings. The van der Waals surface area contributed by atoms with Crippen molar-refractivity contribution >= 4 is 75.6 Å². The first-order valence-electron chi connectivity index (χ1n) is 19.1. The minimum Gasteiger partial charge on any atom is -0.480 e. The molecule has 12 heteroatoms. The van der Waals surface area contributed by atoms with Crippen molar-refractivity contribution in [3.8, 4) is 5.75 Å². The predicted molar refractivity (Wildman–Crippen MR) is 233 cm³/mol. The van der Waals surface area contributed by atoms with Crippen molar-refractivity contribution in [3.63, 3.8) is 0 Å². The van der Waals surface area contributed by atoms with E-state index in [4.69, 9.17) is 21.4 Å². The Balaban J connectivity index is 1.46. The number of hydrazone groups is 1. The molecule has 0 saturated carbocycles. The standard InChI is InChI=1S/C45H52ClN5O5S/c1-11-36(56-37-24-18-30(26-28(37)4)45(9,10)12-2)41(53)48-34-15-13-14-16-38(34)57-39-40(50(29(5)52)35-23-17-27(3)25-33(35)46)49-51(42(39)54)32-21-19-31(20-22-32)47-43(55)44(6,7)8/h13-26,36,39H,11-12H2,1-10H3,(H,47,55)(H,48,53). The van der Waals surface area contributed by atoms with E-state index in [9.17, 15) is 19.2 Å². The second-order valence-electron chi connectivity index (χ2n) is 15.9. The Hall–Kier alpha value is -5.13. The maximum Gasteiger partial charge on any atom is 0.268 e. The van der Waals surface area contributed by atoms with Gasteiger partial charge in [0.1, 0.15) is 5.75 Å². The summed E-state index contributed by atoms with van der Waals surface area (Å²) in [7, 11) is 0. The van der Waals surface area contributed by atoms with Gasteiger partial charge in [0.05, 0.1) is 22.1 Å². The highest BCUT2D eigenvalue weighted by atomic mass is 35.5. The Morgan fingerprint density at radius 3 is 2.21 bits per heavy atom. The zero-order valence-electron chi connectivity index (χ0n) is 34.3. The Morgan fingerprint density at radius 1 is 0.930 bits per heavy atom. The summed E-state index contributed by atoms with van der Waals surface area (Å²) in [5.41, 5.74) is 4.29. The lowest BCUT2D eigenvalue weighted by molar-refractivity contribution is -0.123. The fraction of sp³-hybridized carbons (Fsp3) is 0.356. The van der Waals surface area contributed by atoms with Crippen LogP contribution in [0.5, 0.6) is 5.75 Å². The average molecular weight is 810 g/mol. The summed E-state index contributed by atoms with van der Waals surface area (Å²) < 4.78 is 6.29. The maximum absolute atomic E-state index is 14.5. The lowest BCUT2D eigenvalue weighted by Gasteiger charge is -2.26. The normalized spacial score (nSPS) is 14.9. The molecule has 10 nitrogen and oxygen atoms in total. The molecule has 300 valence electrons. The molecule has 4 amide bonds. The molecule has 0 spiro atoms. The van der Waals surface area contributed by atoms with Crippen molar-refractivity contribution in [3.05, 3.63) is 107 Å². The van der Waals surface area contributed by atoms with Crippen LogP contribution >= 0.6 is 23.4 Å². The number of amides is 4. The fourth-order valence-electron chi connectivity index (χ4n) is 6.02. The van der Waals surface area contributed by atoms with Gasteiger partial charge in [0.2, 0.25) is 11.8 Å². The molecule has 57 heavy (non-hydrogen) atoms. The third-order valence-corrected chi connectivity index (χ3v) is 11.5. The van der Waals surface area contributed by atoms with Gasteiger partial charge in [0, 0.05) is 22.9 Å². The molecule has 0 aromatic heterocycles. The molecule has 1 heterocycles. The smallest absolute Gasteiger partial charge is 0.268 e. The fourth-order valence-corrected chi connectivity index (χ4v) is 7.46. The van der Waals surface area contributed by atoms with Crippen LogP contribution in [0.4, 0.5) is 22.7 Å². The number of hydrogen-bond donors (Lipinski definition) is 2. The van der Waals surface area contributed by atoms with Gasteiger partial charge < -0.3 is 15.4 Å². The summed E-state index contributed by atoms with van der Waals surface area (Å²) in [6.45, 7) is 19.2. The molecule has 0 aliphatic carbocycles. The number of carbonyl (C=O) groups is 4. The van der Waals surface area contributed by atoms with Crippen LogP contribution in [-0.4, -0.2) is 40.8 Å². The number of nitrogens with zero attached hydrogens (tertiary/aromatic N) is 3. The number of benzene rings is 4. The molecule has 2 N–H and O–H groups in total. The molecule has 1 aliphatic rings. The molecular formula is C45H52ClN5O5S. The van der Waals surface area contributed by atoms with Crippen molar-refractivity contribution in [2.24, 2.45) is 10.5 Å². The average Bonchev–Trinajstić information content (AvgIpc) is 3.46. The summed E-state index contributed by atoms with van der Waals surface area (Å²) in [5, 5.41) is 11.2. The number of ether oxygens (including phenoxy) is 1. The number of carbonyl (C=O) groups excluding carboxylic acids is 4. The second-order valence-corrected chi connectivity index (χ2v) is 17.4. The molecule has 0 bridgehead atoms. The van der Waals surface area contributed by atoms with E-state index in [1.807, 2.05) is 59.7 Å². The summed E-state index contributed by atoms with van der Waals surface area (Å²) in [6.07, 6.45) is 0.611. The molecule has 5 rings (SSSR count). The van der Waals surface area contributed by atoms with Crippen LogP contribution < -0.4 is 25.3 Å². The van der Waals surface area contributed by atoms with E-state index in [1.54, 1.807) is 54.6 Å². The Kier molecular flexibility index (Phi) is 13.3. The highest BCUT2D eigenvalue weighted by molar-refractivity contribution is 8.01. The first-order valence-corrected chi connectivity index (χ1v) is 20.4. The van der Waals surface area contributed by atoms with Crippen LogP contribution in [0.3, 0.4) is 0 Å². The van der Waals surface area contributed by atoms with E-state index >= 15 is 0 Å². The van der Waals surface area contributed by atoms with Gasteiger partial charge in [-0.3, -0.25) is 24.1 Å². The van der Waals surface area contributed by atoms with Crippen molar-refractivity contribution < 1.29 is 23.9 Å². The number of rotatable bonds is 12. The lowest BCUT2D eigenvalue weighted by atomic mass is 9.81. The van der Waals surface area contributed by atoms with Crippen molar-refractivity contribution in [1.82, 2.24) is 0 Å². The molecule has 4 aromatic rings. The van der Waals surface area contributed by atoms with Gasteiger partial charge >= 0.3 is 0 Å². The summed E-state index contributed by atoms with van der Waals surface area (Å²) >= 11 is 7.87. The number of anilines is 4. The van der Waals surface area contributed by atoms with Gasteiger partial charge in [-0.05, 0) is 103 Å². The number of hydrogen-bond acceptors (Lipinski definition) is 7. The largest absolute Gasteiger partial charge is 0.480 e. The van der Waals surface area contributed by atoms with Crippen LogP contribution in [0.1, 0.15) is 84.9 Å². The van der Waals surface area contributed by atoms with Crippen LogP contribution in [0.25, 0.3) is 0 Å². The number of para-hydroxylation sites is 1. The van der Waals surface area contributed by atoms with Gasteiger partial charge in [-0.15, -0.1) is 16.9 Å². The van der Waals surface area contributed by atoms with Crippen molar-refractivity contribution in [2.45, 2.75) is 104 Å². The van der Waals surface area contributed by atoms with E-state index in [1.165, 1.54) is 22.4 Å². The molecule has 4 aromatic carbocycles. The zero-order chi connectivity index (χ0) is 41.8. The number of amidine groups is 1. The first-order chi connectivity index (χ1) is 26.8. The maximum atomic E-state index is 14.5. The summed E-state index contributed by atoms with van der Waals surface area (Å²) in [4.78, 5) is 56.3. The second kappa shape index (κ2) is 17.6. The SMILES string of the molecule is CCC(Oc1ccc(C(C)(C)CC)cc1C)C(=O)Nc1ccccc1SC1C(=O)N(c2ccc(NC(=O)C(C)(C)C)cc2)N=C1N(C(C)=O)c1ccc(C)cc1Cl. The van der Waals surface area contributed by atoms with E-state index in [0.717, 1.165) is 29.3 Å². The Morgan fingerprint density at radius 2 is 1.61 bits per heavy atom.